The van der Waals surface area contributed by atoms with E-state index in [-0.39, 0.29) is 5.82 Å². The number of thiazole rings is 1. The number of aromatic nitrogens is 3. The van der Waals surface area contributed by atoms with E-state index in [1.165, 1.54) is 12.1 Å². The Balaban J connectivity index is 1.24. The van der Waals surface area contributed by atoms with E-state index in [2.05, 4.69) is 25.1 Å². The van der Waals surface area contributed by atoms with Gasteiger partial charge in [0.1, 0.15) is 28.7 Å². The third kappa shape index (κ3) is 4.22. The molecule has 1 aliphatic heterocycles. The van der Waals surface area contributed by atoms with Crippen molar-refractivity contribution >= 4 is 28.1 Å². The van der Waals surface area contributed by atoms with E-state index in [0.717, 1.165) is 71.5 Å². The van der Waals surface area contributed by atoms with Crippen molar-refractivity contribution in [1.82, 2.24) is 19.9 Å². The van der Waals surface area contributed by atoms with Gasteiger partial charge in [0.05, 0.1) is 18.3 Å². The van der Waals surface area contributed by atoms with Gasteiger partial charge in [0.15, 0.2) is 0 Å². The quantitative estimate of drug-likeness (QED) is 0.468. The molecule has 2 aromatic carbocycles. The van der Waals surface area contributed by atoms with Gasteiger partial charge in [-0.15, -0.1) is 11.3 Å². The highest BCUT2D eigenvalue weighted by Gasteiger charge is 2.21. The molecule has 0 saturated carbocycles. The van der Waals surface area contributed by atoms with Crippen molar-refractivity contribution in [1.29, 1.82) is 0 Å². The third-order valence-corrected chi connectivity index (χ3v) is 6.46. The lowest BCUT2D eigenvalue weighted by molar-refractivity contribution is 0.247. The van der Waals surface area contributed by atoms with Crippen LogP contribution in [-0.2, 0) is 6.54 Å². The van der Waals surface area contributed by atoms with Gasteiger partial charge in [-0.25, -0.2) is 19.3 Å². The zero-order chi connectivity index (χ0) is 21.2. The van der Waals surface area contributed by atoms with Crippen molar-refractivity contribution in [3.63, 3.8) is 0 Å². The summed E-state index contributed by atoms with van der Waals surface area (Å²) in [6.45, 7) is 4.28. The van der Waals surface area contributed by atoms with Gasteiger partial charge in [-0.2, -0.15) is 0 Å². The highest BCUT2D eigenvalue weighted by molar-refractivity contribution is 7.13. The monoisotopic (exact) mass is 435 g/mol. The molecule has 0 spiro atoms. The number of nitrogens with zero attached hydrogens (tertiary/aromatic N) is 5. The summed E-state index contributed by atoms with van der Waals surface area (Å²) in [5.41, 5.74) is 2.95. The molecule has 0 aliphatic carbocycles. The molecule has 0 atom stereocenters. The fourth-order valence-electron chi connectivity index (χ4n) is 3.86. The van der Waals surface area contributed by atoms with E-state index >= 15 is 0 Å². The molecular weight excluding hydrogens is 413 g/mol. The molecule has 31 heavy (non-hydrogen) atoms. The van der Waals surface area contributed by atoms with E-state index in [9.17, 15) is 4.39 Å². The molecule has 3 heterocycles. The fourth-order valence-corrected chi connectivity index (χ4v) is 4.68. The minimum atomic E-state index is -0.265. The topological polar surface area (TPSA) is 54.4 Å². The summed E-state index contributed by atoms with van der Waals surface area (Å²) in [5, 5.41) is 3.91. The van der Waals surface area contributed by atoms with Crippen LogP contribution in [0.2, 0.25) is 0 Å². The maximum Gasteiger partial charge on any atom is 0.140 e. The summed E-state index contributed by atoms with van der Waals surface area (Å²) in [7, 11) is 1.67. The number of hydrogen-bond acceptors (Lipinski definition) is 7. The number of benzene rings is 2. The van der Waals surface area contributed by atoms with Crippen LogP contribution in [-0.4, -0.2) is 53.1 Å². The Morgan fingerprint density at radius 2 is 1.84 bits per heavy atom. The first-order chi connectivity index (χ1) is 15.2. The van der Waals surface area contributed by atoms with Crippen LogP contribution in [0.5, 0.6) is 5.75 Å². The first-order valence-corrected chi connectivity index (χ1v) is 11.0. The van der Waals surface area contributed by atoms with Gasteiger partial charge < -0.3 is 9.64 Å². The van der Waals surface area contributed by atoms with Crippen LogP contribution >= 0.6 is 11.3 Å². The number of piperazine rings is 1. The molecule has 4 aromatic rings. The van der Waals surface area contributed by atoms with Gasteiger partial charge in [0.2, 0.25) is 0 Å². The molecule has 0 unspecified atom stereocenters. The Bertz CT molecular complexity index is 1190. The summed E-state index contributed by atoms with van der Waals surface area (Å²) in [6.07, 6.45) is 1.55. The molecule has 0 N–H and O–H groups in total. The van der Waals surface area contributed by atoms with Gasteiger partial charge in [-0.05, 0) is 42.5 Å². The largest absolute Gasteiger partial charge is 0.497 e. The first-order valence-electron chi connectivity index (χ1n) is 10.2. The predicted octanol–water partition coefficient (Wildman–Crippen LogP) is 4.22. The minimum Gasteiger partial charge on any atom is -0.497 e. The van der Waals surface area contributed by atoms with E-state index in [1.54, 1.807) is 30.8 Å². The van der Waals surface area contributed by atoms with Crippen molar-refractivity contribution < 1.29 is 9.13 Å². The Morgan fingerprint density at radius 1 is 1.03 bits per heavy atom. The summed E-state index contributed by atoms with van der Waals surface area (Å²) < 4.78 is 19.0. The third-order valence-electron chi connectivity index (χ3n) is 5.52. The van der Waals surface area contributed by atoms with Crippen LogP contribution in [0.3, 0.4) is 0 Å². The van der Waals surface area contributed by atoms with Crippen LogP contribution < -0.4 is 9.64 Å². The Kier molecular flexibility index (Phi) is 5.48. The number of ether oxygens (including phenoxy) is 1. The van der Waals surface area contributed by atoms with E-state index < -0.39 is 0 Å². The van der Waals surface area contributed by atoms with Crippen molar-refractivity contribution in [2.75, 3.05) is 38.2 Å². The molecule has 8 heteroatoms. The van der Waals surface area contributed by atoms with Gasteiger partial charge in [-0.3, -0.25) is 4.90 Å². The molecule has 0 bridgehead atoms. The lowest BCUT2D eigenvalue weighted by atomic mass is 10.2. The number of rotatable bonds is 5. The summed E-state index contributed by atoms with van der Waals surface area (Å²) in [5.74, 6) is 1.38. The van der Waals surface area contributed by atoms with E-state index in [1.807, 2.05) is 24.3 Å². The molecule has 2 aromatic heterocycles. The van der Waals surface area contributed by atoms with Crippen molar-refractivity contribution in [2.24, 2.45) is 0 Å². The average Bonchev–Trinajstić information content (AvgIpc) is 3.28. The van der Waals surface area contributed by atoms with Gasteiger partial charge >= 0.3 is 0 Å². The summed E-state index contributed by atoms with van der Waals surface area (Å²) >= 11 is 1.66. The predicted molar refractivity (Wildman–Crippen MR) is 121 cm³/mol. The molecular formula is C23H22FN5OS. The standard InChI is InChI=1S/C23H22FN5OS/c1-30-19-5-2-16(3-6-19)23-27-18(14-31-23)13-28-8-10-29(11-9-28)22-20-12-17(24)4-7-21(20)25-15-26-22/h2-7,12,14-15H,8-11,13H2,1H3. The van der Waals surface area contributed by atoms with Crippen molar-refractivity contribution in [3.8, 4) is 16.3 Å². The summed E-state index contributed by atoms with van der Waals surface area (Å²) in [4.78, 5) is 18.1. The fraction of sp³-hybridized carbons (Fsp3) is 0.261. The normalized spacial score (nSPS) is 14.8. The maximum atomic E-state index is 13.8. The zero-order valence-corrected chi connectivity index (χ0v) is 18.0. The van der Waals surface area contributed by atoms with Crippen LogP contribution in [0.4, 0.5) is 10.2 Å². The first kappa shape index (κ1) is 19.8. The van der Waals surface area contributed by atoms with Crippen molar-refractivity contribution in [2.45, 2.75) is 6.54 Å². The number of methoxy groups -OCH3 is 1. The lowest BCUT2D eigenvalue weighted by Crippen LogP contribution is -2.46. The maximum absolute atomic E-state index is 13.8. The Labute approximate surface area is 184 Å². The number of hydrogen-bond donors (Lipinski definition) is 0. The average molecular weight is 436 g/mol. The van der Waals surface area contributed by atoms with E-state index in [0.29, 0.717) is 0 Å². The van der Waals surface area contributed by atoms with Crippen LogP contribution in [0.1, 0.15) is 5.69 Å². The number of anilines is 1. The molecule has 5 rings (SSSR count). The van der Waals surface area contributed by atoms with E-state index in [4.69, 9.17) is 9.72 Å². The van der Waals surface area contributed by atoms with Crippen LogP contribution in [0.15, 0.2) is 54.2 Å². The van der Waals surface area contributed by atoms with Gasteiger partial charge in [-0.1, -0.05) is 0 Å². The number of halogens is 1. The molecule has 6 nitrogen and oxygen atoms in total. The highest BCUT2D eigenvalue weighted by atomic mass is 32.1. The molecule has 158 valence electrons. The highest BCUT2D eigenvalue weighted by Crippen LogP contribution is 2.27. The SMILES string of the molecule is COc1ccc(-c2nc(CN3CCN(c4ncnc5ccc(F)cc45)CC3)cs2)cc1. The molecule has 0 radical (unpaired) electrons. The molecule has 1 aliphatic rings. The lowest BCUT2D eigenvalue weighted by Gasteiger charge is -2.35. The van der Waals surface area contributed by atoms with Crippen LogP contribution in [0.25, 0.3) is 21.5 Å². The second-order valence-electron chi connectivity index (χ2n) is 7.49. The Morgan fingerprint density at radius 3 is 2.61 bits per heavy atom. The summed E-state index contributed by atoms with van der Waals surface area (Å²) in [6, 6.07) is 12.6. The van der Waals surface area contributed by atoms with Gasteiger partial charge in [0, 0.05) is 49.1 Å². The van der Waals surface area contributed by atoms with Gasteiger partial charge in [0.25, 0.3) is 0 Å². The second kappa shape index (κ2) is 8.56. The van der Waals surface area contributed by atoms with Crippen LogP contribution in [0, 0.1) is 5.82 Å². The molecule has 1 saturated heterocycles. The Hall–Kier alpha value is -3.10. The molecule has 0 amide bonds. The minimum absolute atomic E-state index is 0.265. The molecule has 1 fully saturated rings. The smallest absolute Gasteiger partial charge is 0.140 e. The van der Waals surface area contributed by atoms with Crippen molar-refractivity contribution in [3.05, 3.63) is 65.7 Å². The number of fused-ring (bicyclic) bond motifs is 1. The zero-order valence-electron chi connectivity index (χ0n) is 17.2. The second-order valence-corrected chi connectivity index (χ2v) is 8.35.